The fourth-order valence-electron chi connectivity index (χ4n) is 3.67. The van der Waals surface area contributed by atoms with Gasteiger partial charge in [0.2, 0.25) is 0 Å². The van der Waals surface area contributed by atoms with Crippen molar-refractivity contribution in [3.05, 3.63) is 80.5 Å². The molecule has 0 bridgehead atoms. The summed E-state index contributed by atoms with van der Waals surface area (Å²) in [5.41, 5.74) is 2.35. The Balaban J connectivity index is 1.87. The Kier molecular flexibility index (Phi) is 4.47. The third-order valence-corrected chi connectivity index (χ3v) is 4.97. The average Bonchev–Trinajstić information content (AvgIpc) is 3.16. The van der Waals surface area contributed by atoms with Gasteiger partial charge in [0.05, 0.1) is 30.1 Å². The number of fused-ring (bicyclic) bond motifs is 1. The van der Waals surface area contributed by atoms with Crippen LogP contribution in [0, 0.1) is 6.92 Å². The summed E-state index contributed by atoms with van der Waals surface area (Å²) in [6.07, 6.45) is 1.80. The van der Waals surface area contributed by atoms with E-state index in [4.69, 9.17) is 4.74 Å². The molecule has 3 aromatic rings. The molecule has 1 saturated heterocycles. The van der Waals surface area contributed by atoms with E-state index in [0.717, 1.165) is 24.0 Å². The summed E-state index contributed by atoms with van der Waals surface area (Å²) < 4.78 is 8.68. The average molecular weight is 350 g/mol. The maximum atomic E-state index is 13.2. The van der Waals surface area contributed by atoms with Gasteiger partial charge >= 0.3 is 5.69 Å². The molecule has 2 heterocycles. The topological polar surface area (TPSA) is 53.2 Å². The first-order valence-corrected chi connectivity index (χ1v) is 9.03. The van der Waals surface area contributed by atoms with Crippen molar-refractivity contribution in [2.24, 2.45) is 0 Å². The van der Waals surface area contributed by atoms with E-state index in [-0.39, 0.29) is 17.4 Å². The molecular formula is C21H22N2O3. The quantitative estimate of drug-likeness (QED) is 0.727. The number of para-hydroxylation sites is 1. The molecule has 5 heteroatoms. The first-order valence-electron chi connectivity index (χ1n) is 9.03. The standard InChI is InChI=1S/C21H22N2O3/c1-15-6-4-7-16(12-15)13-22-19-10-3-2-9-18(19)20(24)23(21(22)25)14-17-8-5-11-26-17/h2-4,6-7,9-10,12,17H,5,8,11,13-14H2,1H3. The molecule has 0 aliphatic carbocycles. The normalized spacial score (nSPS) is 17.0. The Hall–Kier alpha value is -2.66. The number of benzene rings is 2. The SMILES string of the molecule is Cc1cccc(Cn2c(=O)n(CC3CCCO3)c(=O)c3ccccc32)c1. The molecule has 0 N–H and O–H groups in total. The van der Waals surface area contributed by atoms with Gasteiger partial charge in [0.15, 0.2) is 0 Å². The molecule has 1 atom stereocenters. The van der Waals surface area contributed by atoms with Crippen molar-refractivity contribution in [2.75, 3.05) is 6.61 Å². The molecule has 26 heavy (non-hydrogen) atoms. The van der Waals surface area contributed by atoms with Crippen molar-refractivity contribution in [2.45, 2.75) is 39.0 Å². The summed E-state index contributed by atoms with van der Waals surface area (Å²) in [7, 11) is 0. The highest BCUT2D eigenvalue weighted by Gasteiger charge is 2.20. The van der Waals surface area contributed by atoms with E-state index in [1.54, 1.807) is 10.6 Å². The van der Waals surface area contributed by atoms with E-state index >= 15 is 0 Å². The molecule has 2 aromatic carbocycles. The first-order chi connectivity index (χ1) is 12.6. The fraction of sp³-hybridized carbons (Fsp3) is 0.333. The van der Waals surface area contributed by atoms with E-state index in [1.807, 2.05) is 43.3 Å². The summed E-state index contributed by atoms with van der Waals surface area (Å²) in [4.78, 5) is 26.0. The Morgan fingerprint density at radius 1 is 1.08 bits per heavy atom. The van der Waals surface area contributed by atoms with Crippen LogP contribution >= 0.6 is 0 Å². The smallest absolute Gasteiger partial charge is 0.331 e. The lowest BCUT2D eigenvalue weighted by atomic mass is 10.1. The molecule has 1 fully saturated rings. The number of rotatable bonds is 4. The maximum Gasteiger partial charge on any atom is 0.331 e. The summed E-state index contributed by atoms with van der Waals surface area (Å²) in [6, 6.07) is 15.4. The van der Waals surface area contributed by atoms with Crippen LogP contribution in [0.3, 0.4) is 0 Å². The number of hydrogen-bond donors (Lipinski definition) is 0. The van der Waals surface area contributed by atoms with Crippen LogP contribution in [0.4, 0.5) is 0 Å². The monoisotopic (exact) mass is 350 g/mol. The lowest BCUT2D eigenvalue weighted by Gasteiger charge is -2.16. The predicted molar refractivity (Wildman–Crippen MR) is 102 cm³/mol. The molecule has 0 amide bonds. The summed E-state index contributed by atoms with van der Waals surface area (Å²) in [5.74, 6) is 0. The summed E-state index contributed by atoms with van der Waals surface area (Å²) >= 11 is 0. The molecule has 4 rings (SSSR count). The highest BCUT2D eigenvalue weighted by molar-refractivity contribution is 5.77. The highest BCUT2D eigenvalue weighted by Crippen LogP contribution is 2.15. The molecule has 134 valence electrons. The largest absolute Gasteiger partial charge is 0.376 e. The number of ether oxygens (including phenoxy) is 1. The second-order valence-corrected chi connectivity index (χ2v) is 6.93. The minimum Gasteiger partial charge on any atom is -0.376 e. The molecule has 1 unspecified atom stereocenters. The van der Waals surface area contributed by atoms with Crippen molar-refractivity contribution in [1.82, 2.24) is 9.13 Å². The summed E-state index contributed by atoms with van der Waals surface area (Å²) in [5, 5.41) is 0.567. The number of aromatic nitrogens is 2. The first kappa shape index (κ1) is 16.8. The van der Waals surface area contributed by atoms with Crippen LogP contribution in [0.2, 0.25) is 0 Å². The summed E-state index contributed by atoms with van der Waals surface area (Å²) in [6.45, 7) is 3.48. The van der Waals surface area contributed by atoms with Gasteiger partial charge in [-0.05, 0) is 37.5 Å². The molecule has 1 aliphatic rings. The van der Waals surface area contributed by atoms with E-state index in [1.165, 1.54) is 4.57 Å². The molecule has 0 saturated carbocycles. The third kappa shape index (κ3) is 3.10. The highest BCUT2D eigenvalue weighted by atomic mass is 16.5. The van der Waals surface area contributed by atoms with Crippen LogP contribution in [0.5, 0.6) is 0 Å². The van der Waals surface area contributed by atoms with Crippen LogP contribution < -0.4 is 11.2 Å². The van der Waals surface area contributed by atoms with Crippen LogP contribution in [-0.4, -0.2) is 21.8 Å². The number of aryl methyl sites for hydroxylation is 1. The number of hydrogen-bond acceptors (Lipinski definition) is 3. The van der Waals surface area contributed by atoms with Gasteiger partial charge in [-0.25, -0.2) is 4.79 Å². The fourth-order valence-corrected chi connectivity index (χ4v) is 3.67. The zero-order valence-electron chi connectivity index (χ0n) is 14.9. The van der Waals surface area contributed by atoms with Gasteiger partial charge in [0, 0.05) is 6.61 Å². The minimum atomic E-state index is -0.272. The maximum absolute atomic E-state index is 13.2. The van der Waals surface area contributed by atoms with Crippen LogP contribution in [0.1, 0.15) is 24.0 Å². The van der Waals surface area contributed by atoms with Gasteiger partial charge in [-0.2, -0.15) is 0 Å². The van der Waals surface area contributed by atoms with E-state index in [0.29, 0.717) is 30.6 Å². The van der Waals surface area contributed by atoms with Gasteiger partial charge < -0.3 is 4.74 Å². The van der Waals surface area contributed by atoms with Gasteiger partial charge in [0.25, 0.3) is 5.56 Å². The van der Waals surface area contributed by atoms with Gasteiger partial charge in [0.1, 0.15) is 0 Å². The lowest BCUT2D eigenvalue weighted by molar-refractivity contribution is 0.0948. The molecule has 5 nitrogen and oxygen atoms in total. The van der Waals surface area contributed by atoms with Crippen LogP contribution in [-0.2, 0) is 17.8 Å². The minimum absolute atomic E-state index is 0.0611. The van der Waals surface area contributed by atoms with Crippen molar-refractivity contribution in [3.63, 3.8) is 0 Å². The Labute approximate surface area is 151 Å². The molecule has 1 aliphatic heterocycles. The Morgan fingerprint density at radius 3 is 2.69 bits per heavy atom. The molecule has 0 spiro atoms. The van der Waals surface area contributed by atoms with E-state index < -0.39 is 0 Å². The van der Waals surface area contributed by atoms with E-state index in [2.05, 4.69) is 6.07 Å². The molecule has 0 radical (unpaired) electrons. The van der Waals surface area contributed by atoms with Crippen molar-refractivity contribution < 1.29 is 4.74 Å². The second-order valence-electron chi connectivity index (χ2n) is 6.93. The lowest BCUT2D eigenvalue weighted by Crippen LogP contribution is -2.42. The van der Waals surface area contributed by atoms with Crippen LogP contribution in [0.15, 0.2) is 58.1 Å². The predicted octanol–water partition coefficient (Wildman–Crippen LogP) is 2.70. The zero-order chi connectivity index (χ0) is 18.1. The zero-order valence-corrected chi connectivity index (χ0v) is 14.9. The molecular weight excluding hydrogens is 328 g/mol. The van der Waals surface area contributed by atoms with Crippen LogP contribution in [0.25, 0.3) is 10.9 Å². The van der Waals surface area contributed by atoms with Gasteiger partial charge in [-0.15, -0.1) is 0 Å². The molecule has 1 aromatic heterocycles. The van der Waals surface area contributed by atoms with Gasteiger partial charge in [-0.1, -0.05) is 42.0 Å². The number of nitrogens with zero attached hydrogens (tertiary/aromatic N) is 2. The Morgan fingerprint density at radius 2 is 1.92 bits per heavy atom. The van der Waals surface area contributed by atoms with Crippen molar-refractivity contribution >= 4 is 10.9 Å². The van der Waals surface area contributed by atoms with Gasteiger partial charge in [-0.3, -0.25) is 13.9 Å². The third-order valence-electron chi connectivity index (χ3n) is 4.97. The van der Waals surface area contributed by atoms with E-state index in [9.17, 15) is 9.59 Å². The second kappa shape index (κ2) is 6.92. The van der Waals surface area contributed by atoms with Crippen molar-refractivity contribution in [3.8, 4) is 0 Å². The Bertz CT molecular complexity index is 1060. The van der Waals surface area contributed by atoms with Crippen molar-refractivity contribution in [1.29, 1.82) is 0 Å².